The second-order valence-corrected chi connectivity index (χ2v) is 16.8. The Balaban J connectivity index is 1.15. The molecule has 1 aromatic heterocycles. The predicted molar refractivity (Wildman–Crippen MR) is 214 cm³/mol. The predicted octanol–water partition coefficient (Wildman–Crippen LogP) is -0.734. The molecule has 344 valence electrons. The molecule has 0 spiro atoms. The molecule has 4 aliphatic rings. The number of aliphatic hydroxyl groups excluding tert-OH is 8. The Bertz CT molecular complexity index is 2250. The van der Waals surface area contributed by atoms with E-state index in [-0.39, 0.29) is 46.8 Å². The topological polar surface area (TPSA) is 314 Å². The first kappa shape index (κ1) is 46.3. The van der Waals surface area contributed by atoms with Crippen LogP contribution in [0.15, 0.2) is 69.4 Å². The number of carbonyl (C=O) groups excluding carboxylic acids is 1. The molecular weight excluding hydrogens is 836 g/mol. The quantitative estimate of drug-likeness (QED) is 0.0609. The van der Waals surface area contributed by atoms with Gasteiger partial charge < -0.3 is 88.6 Å². The van der Waals surface area contributed by atoms with E-state index in [4.69, 9.17) is 37.6 Å². The highest BCUT2D eigenvalue weighted by Gasteiger charge is 2.67. The van der Waals surface area contributed by atoms with Gasteiger partial charge in [-0.3, -0.25) is 4.79 Å². The highest BCUT2D eigenvalue weighted by atomic mass is 16.7. The molecule has 0 amide bonds. The summed E-state index contributed by atoms with van der Waals surface area (Å²) in [5.74, 6) is -2.27. The van der Waals surface area contributed by atoms with Gasteiger partial charge in [-0.2, -0.15) is 0 Å². The van der Waals surface area contributed by atoms with Crippen LogP contribution in [0.1, 0.15) is 33.6 Å². The zero-order chi connectivity index (χ0) is 45.8. The van der Waals surface area contributed by atoms with E-state index in [1.807, 2.05) is 6.92 Å². The van der Waals surface area contributed by atoms with Crippen LogP contribution in [0.2, 0.25) is 0 Å². The zero-order valence-electron chi connectivity index (χ0n) is 34.6. The minimum absolute atomic E-state index is 0.0169. The molecule has 14 atom stereocenters. The minimum Gasteiger partial charge on any atom is -0.507 e. The van der Waals surface area contributed by atoms with Gasteiger partial charge in [-0.15, -0.1) is 0 Å². The van der Waals surface area contributed by atoms with Crippen LogP contribution in [0.4, 0.5) is 0 Å². The van der Waals surface area contributed by atoms with E-state index in [0.29, 0.717) is 12.0 Å². The summed E-state index contributed by atoms with van der Waals surface area (Å²) in [4.78, 5) is 27.3. The van der Waals surface area contributed by atoms with E-state index < -0.39 is 120 Å². The van der Waals surface area contributed by atoms with Crippen LogP contribution in [0, 0.1) is 5.41 Å². The van der Waals surface area contributed by atoms with Crippen LogP contribution < -0.4 is 19.6 Å². The van der Waals surface area contributed by atoms with Gasteiger partial charge in [0.15, 0.2) is 11.9 Å². The number of rotatable bonds is 12. The number of carbonyl (C=O) groups is 1. The van der Waals surface area contributed by atoms with Crippen LogP contribution in [0.25, 0.3) is 22.3 Å². The average Bonchev–Trinajstić information content (AvgIpc) is 3.33. The molecule has 10 N–H and O–H groups in total. The number of phenols is 1. The molecule has 2 aromatic carbocycles. The number of aliphatic hydroxyl groups is 9. The van der Waals surface area contributed by atoms with Crippen LogP contribution in [0.3, 0.4) is 0 Å². The maximum absolute atomic E-state index is 14.0. The first-order chi connectivity index (χ1) is 29.8. The lowest BCUT2D eigenvalue weighted by molar-refractivity contribution is -0.281. The summed E-state index contributed by atoms with van der Waals surface area (Å²) < 4.78 is 45.7. The van der Waals surface area contributed by atoms with E-state index in [1.165, 1.54) is 49.6 Å². The summed E-state index contributed by atoms with van der Waals surface area (Å²) in [5.41, 5.74) is -3.97. The van der Waals surface area contributed by atoms with Crippen LogP contribution in [-0.2, 0) is 23.7 Å². The fraction of sp³-hybridized carbons (Fsp3) is 0.535. The standard InChI is InChI=1S/C43H52O20/c1-19(9-10-43(55)41(2)14-21(46)15-42(43,3)57-18-41)11-28(48)62-38-34(53)31(50)27(17-45)61-40(38)58-22-7-5-20(6-8-22)36-37(63-39-35(54)33(52)30(49)26(16-44)60-39)32(51)29-24(47)12-23(56-4)13-25(29)59-36/h5-13,21,26-27,30-31,33-35,38-40,44-47,49-50,52-55H,14-18H2,1-4H3. The van der Waals surface area contributed by atoms with Gasteiger partial charge in [-0.05, 0) is 56.2 Å². The van der Waals surface area contributed by atoms with E-state index in [0.717, 1.165) is 12.1 Å². The number of allylic oxidation sites excluding steroid dienone is 2. The van der Waals surface area contributed by atoms with Crippen molar-refractivity contribution >= 4 is 16.9 Å². The third-order valence-corrected chi connectivity index (χ3v) is 12.4. The highest BCUT2D eigenvalue weighted by Crippen LogP contribution is 2.57. The summed E-state index contributed by atoms with van der Waals surface area (Å²) >= 11 is 0. The Morgan fingerprint density at radius 2 is 1.51 bits per heavy atom. The Morgan fingerprint density at radius 1 is 0.857 bits per heavy atom. The molecular formula is C43H52O20. The minimum atomic E-state index is -1.92. The maximum Gasteiger partial charge on any atom is 0.331 e. The van der Waals surface area contributed by atoms with Crippen molar-refractivity contribution in [2.45, 2.75) is 112 Å². The summed E-state index contributed by atoms with van der Waals surface area (Å²) in [6, 6.07) is 7.96. The Labute approximate surface area is 359 Å². The molecule has 3 aromatic rings. The van der Waals surface area contributed by atoms with Crippen LogP contribution in [0.5, 0.6) is 23.0 Å². The van der Waals surface area contributed by atoms with Gasteiger partial charge >= 0.3 is 5.97 Å². The molecule has 7 rings (SSSR count). The summed E-state index contributed by atoms with van der Waals surface area (Å²) in [6.07, 6.45) is -12.9. The second kappa shape index (κ2) is 17.7. The van der Waals surface area contributed by atoms with Crippen molar-refractivity contribution in [3.05, 3.63) is 70.4 Å². The van der Waals surface area contributed by atoms with Crippen LogP contribution in [-0.4, -0.2) is 163 Å². The molecule has 3 saturated heterocycles. The number of phenolic OH excluding ortho intramolecular Hbond substituents is 1. The number of benzene rings is 2. The molecule has 1 aliphatic carbocycles. The smallest absolute Gasteiger partial charge is 0.331 e. The third-order valence-electron chi connectivity index (χ3n) is 12.4. The lowest BCUT2D eigenvalue weighted by Gasteiger charge is -2.49. The number of ether oxygens (including phenoxy) is 7. The number of esters is 1. The number of hydrogen-bond donors (Lipinski definition) is 10. The van der Waals surface area contributed by atoms with Crippen molar-refractivity contribution < 1.29 is 93.4 Å². The van der Waals surface area contributed by atoms with E-state index in [1.54, 1.807) is 13.8 Å². The Morgan fingerprint density at radius 3 is 2.14 bits per heavy atom. The van der Waals surface area contributed by atoms with Crippen molar-refractivity contribution in [3.63, 3.8) is 0 Å². The normalized spacial score (nSPS) is 37.0. The third kappa shape index (κ3) is 8.42. The molecule has 4 fully saturated rings. The zero-order valence-corrected chi connectivity index (χ0v) is 34.6. The second-order valence-electron chi connectivity index (χ2n) is 16.8. The molecule has 63 heavy (non-hydrogen) atoms. The molecule has 2 bridgehead atoms. The monoisotopic (exact) mass is 888 g/mol. The molecule has 4 heterocycles. The number of fused-ring (bicyclic) bond motifs is 3. The van der Waals surface area contributed by atoms with Gasteiger partial charge in [0.2, 0.25) is 23.8 Å². The number of hydrogen-bond acceptors (Lipinski definition) is 20. The molecule has 20 heteroatoms. The molecule has 1 saturated carbocycles. The van der Waals surface area contributed by atoms with E-state index in [2.05, 4.69) is 0 Å². The fourth-order valence-electron chi connectivity index (χ4n) is 8.73. The van der Waals surface area contributed by atoms with Crippen molar-refractivity contribution in [3.8, 4) is 34.3 Å². The largest absolute Gasteiger partial charge is 0.507 e. The van der Waals surface area contributed by atoms with Crippen molar-refractivity contribution in [1.82, 2.24) is 0 Å². The number of aromatic hydroxyl groups is 1. The Hall–Kier alpha value is -4.68. The first-order valence-corrected chi connectivity index (χ1v) is 20.1. The SMILES string of the molecule is COc1cc(O)c2c(=O)c(OC3OC(CO)C(O)C(O)C3O)c(-c3ccc(OC4OC(CO)C(O)C(O)C4OC(=O)C=C(C)C=CC4(O)C5(C)COC4(C)CC(O)C5)cc3)oc2c1. The van der Waals surface area contributed by atoms with Gasteiger partial charge in [-0.25, -0.2) is 4.79 Å². The number of methoxy groups -OCH3 is 1. The van der Waals surface area contributed by atoms with Gasteiger partial charge in [0.1, 0.15) is 82.1 Å². The molecule has 0 radical (unpaired) electrons. The van der Waals surface area contributed by atoms with E-state index >= 15 is 0 Å². The Kier molecular flexibility index (Phi) is 13.0. The average molecular weight is 889 g/mol. The summed E-state index contributed by atoms with van der Waals surface area (Å²) in [7, 11) is 1.33. The summed E-state index contributed by atoms with van der Waals surface area (Å²) in [5, 5.41) is 105. The highest BCUT2D eigenvalue weighted by molar-refractivity contribution is 5.88. The fourth-order valence-corrected chi connectivity index (χ4v) is 8.73. The van der Waals surface area contributed by atoms with Gasteiger partial charge in [0, 0.05) is 35.6 Å². The van der Waals surface area contributed by atoms with Crippen molar-refractivity contribution in [1.29, 1.82) is 0 Å². The van der Waals surface area contributed by atoms with E-state index in [9.17, 15) is 60.7 Å². The summed E-state index contributed by atoms with van der Waals surface area (Å²) in [6.45, 7) is 3.78. The van der Waals surface area contributed by atoms with Crippen molar-refractivity contribution in [2.75, 3.05) is 26.9 Å². The van der Waals surface area contributed by atoms with Crippen LogP contribution >= 0.6 is 0 Å². The van der Waals surface area contributed by atoms with Gasteiger partial charge in [-0.1, -0.05) is 13.0 Å². The molecule has 20 nitrogen and oxygen atoms in total. The lowest BCUT2D eigenvalue weighted by Crippen LogP contribution is -2.61. The molecule has 3 aliphatic heterocycles. The van der Waals surface area contributed by atoms with Gasteiger partial charge in [0.25, 0.3) is 0 Å². The molecule has 14 unspecified atom stereocenters. The van der Waals surface area contributed by atoms with Gasteiger partial charge in [0.05, 0.1) is 33.0 Å². The van der Waals surface area contributed by atoms with Crippen molar-refractivity contribution in [2.24, 2.45) is 5.41 Å². The first-order valence-electron chi connectivity index (χ1n) is 20.1. The maximum atomic E-state index is 14.0. The lowest BCUT2D eigenvalue weighted by atomic mass is 9.59.